The van der Waals surface area contributed by atoms with Crippen LogP contribution in [0, 0.1) is 0 Å². The molecular formula is C14H16N2O7S2Y. The zero-order chi connectivity index (χ0) is 19.1. The van der Waals surface area contributed by atoms with Crippen molar-refractivity contribution in [3.63, 3.8) is 0 Å². The fourth-order valence-corrected chi connectivity index (χ4v) is 2.22. The number of carboxylic acid groups (broad SMARTS) is 2. The minimum Gasteiger partial charge on any atom is -0.508 e. The van der Waals surface area contributed by atoms with Gasteiger partial charge in [-0.3, -0.25) is 9.59 Å². The number of carboxylic acids is 2. The van der Waals surface area contributed by atoms with Crippen LogP contribution in [-0.2, 0) is 42.3 Å². The van der Waals surface area contributed by atoms with Crippen LogP contribution in [0.4, 0.5) is 0 Å². The Kier molecular flexibility index (Phi) is 10.9. The van der Waals surface area contributed by atoms with Gasteiger partial charge in [-0.1, -0.05) is 0 Å². The van der Waals surface area contributed by atoms with E-state index in [0.717, 1.165) is 18.2 Å². The number of phenolic OH excluding ortho intramolecular Hbond substituents is 1. The predicted octanol–water partition coefficient (Wildman–Crippen LogP) is -0.385. The average Bonchev–Trinajstić information content (AvgIpc) is 2.55. The van der Waals surface area contributed by atoms with Crippen LogP contribution in [0.5, 0.6) is 5.75 Å². The van der Waals surface area contributed by atoms with Crippen molar-refractivity contribution >= 4 is 49.0 Å². The van der Waals surface area contributed by atoms with Crippen LogP contribution in [0.1, 0.15) is 20.7 Å². The van der Waals surface area contributed by atoms with E-state index in [0.29, 0.717) is 0 Å². The van der Waals surface area contributed by atoms with Crippen molar-refractivity contribution in [1.82, 2.24) is 10.6 Å². The molecule has 0 saturated carbocycles. The molecule has 0 aromatic heterocycles. The Labute approximate surface area is 184 Å². The first-order valence-corrected chi connectivity index (χ1v) is 8.09. The summed E-state index contributed by atoms with van der Waals surface area (Å²) in [6.07, 6.45) is 0. The summed E-state index contributed by atoms with van der Waals surface area (Å²) in [6, 6.07) is 0.666. The molecule has 2 atom stereocenters. The van der Waals surface area contributed by atoms with E-state index in [4.69, 9.17) is 10.2 Å². The van der Waals surface area contributed by atoms with Gasteiger partial charge in [-0.05, 0) is 18.2 Å². The number of amides is 2. The fraction of sp³-hybridized carbons (Fsp3) is 0.286. The Hall–Kier alpha value is -1.30. The number of carbonyl (C=O) groups excluding carboxylic acids is 2. The van der Waals surface area contributed by atoms with Gasteiger partial charge < -0.3 is 26.0 Å². The number of carbonyl (C=O) groups is 4. The van der Waals surface area contributed by atoms with Gasteiger partial charge in [0.25, 0.3) is 11.8 Å². The van der Waals surface area contributed by atoms with Crippen molar-refractivity contribution in [2.45, 2.75) is 12.1 Å². The first-order valence-electron chi connectivity index (χ1n) is 6.82. The van der Waals surface area contributed by atoms with E-state index in [9.17, 15) is 24.3 Å². The predicted molar refractivity (Wildman–Crippen MR) is 93.6 cm³/mol. The summed E-state index contributed by atoms with van der Waals surface area (Å²) >= 11 is 7.62. The van der Waals surface area contributed by atoms with Gasteiger partial charge in [0.2, 0.25) is 0 Å². The van der Waals surface area contributed by atoms with Gasteiger partial charge in [0.1, 0.15) is 17.8 Å². The van der Waals surface area contributed by atoms with Gasteiger partial charge in [0.05, 0.1) is 0 Å². The summed E-state index contributed by atoms with van der Waals surface area (Å²) in [6.45, 7) is 0. The van der Waals surface area contributed by atoms with Crippen LogP contribution in [0.3, 0.4) is 0 Å². The Morgan fingerprint density at radius 3 is 1.46 bits per heavy atom. The molecule has 0 bridgehead atoms. The van der Waals surface area contributed by atoms with Gasteiger partial charge in [-0.2, -0.15) is 25.3 Å². The Bertz CT molecular complexity index is 648. The van der Waals surface area contributed by atoms with Crippen molar-refractivity contribution in [1.29, 1.82) is 0 Å². The summed E-state index contributed by atoms with van der Waals surface area (Å²) in [5.41, 5.74) is -0.341. The van der Waals surface area contributed by atoms with Gasteiger partial charge >= 0.3 is 11.9 Å². The number of aliphatic carboxylic acids is 2. The number of thiol groups is 2. The molecule has 0 aliphatic heterocycles. The molecule has 9 nitrogen and oxygen atoms in total. The van der Waals surface area contributed by atoms with Gasteiger partial charge in [0, 0.05) is 55.3 Å². The van der Waals surface area contributed by atoms with Crippen LogP contribution >= 0.6 is 25.3 Å². The van der Waals surface area contributed by atoms with Crippen molar-refractivity contribution in [3.05, 3.63) is 29.3 Å². The van der Waals surface area contributed by atoms with Crippen molar-refractivity contribution < 1.29 is 67.2 Å². The smallest absolute Gasteiger partial charge is 0.327 e. The third kappa shape index (κ3) is 7.14. The molecule has 0 spiro atoms. The van der Waals surface area contributed by atoms with Crippen LogP contribution in [-0.4, -0.2) is 62.7 Å². The second kappa shape index (κ2) is 11.4. The van der Waals surface area contributed by atoms with Crippen molar-refractivity contribution in [2.24, 2.45) is 0 Å². The van der Waals surface area contributed by atoms with E-state index < -0.39 is 41.6 Å². The molecule has 5 N–H and O–H groups in total. The largest absolute Gasteiger partial charge is 0.508 e. The molecular weight excluding hydrogens is 461 g/mol. The number of phenols is 1. The van der Waals surface area contributed by atoms with Gasteiger partial charge in [-0.25, -0.2) is 9.59 Å². The van der Waals surface area contributed by atoms with Gasteiger partial charge in [-0.15, -0.1) is 0 Å². The Morgan fingerprint density at radius 2 is 1.19 bits per heavy atom. The molecule has 26 heavy (non-hydrogen) atoms. The normalized spacial score (nSPS) is 12.2. The van der Waals surface area contributed by atoms with E-state index in [1.807, 2.05) is 0 Å². The monoisotopic (exact) mass is 477 g/mol. The fourth-order valence-electron chi connectivity index (χ4n) is 1.73. The molecule has 0 aliphatic carbocycles. The minimum absolute atomic E-state index is 0. The molecule has 2 amide bonds. The van der Waals surface area contributed by atoms with E-state index in [1.54, 1.807) is 0 Å². The molecule has 0 fully saturated rings. The SMILES string of the molecule is O=C(NC(CS)C(=O)O)c1cc(O)cc(C(=O)NC(CS)C(=O)O)c1.[Y]. The first-order chi connectivity index (χ1) is 11.7. The number of rotatable bonds is 8. The van der Waals surface area contributed by atoms with Crippen molar-refractivity contribution in [3.8, 4) is 5.75 Å². The number of benzene rings is 1. The maximum absolute atomic E-state index is 12.1. The molecule has 139 valence electrons. The average molecular weight is 477 g/mol. The molecule has 0 saturated heterocycles. The number of nitrogens with one attached hydrogen (secondary N) is 2. The van der Waals surface area contributed by atoms with Crippen LogP contribution < -0.4 is 10.6 Å². The maximum Gasteiger partial charge on any atom is 0.327 e. The standard InChI is InChI=1S/C14H16N2O7S2.Y/c17-8-2-6(11(18)15-9(4-24)13(20)21)1-7(3-8)12(19)16-10(5-25)14(22)23;/h1-3,9-10,17,24-25H,4-5H2,(H,15,18)(H,16,19)(H,20,21)(H,22,23);. The third-order valence-corrected chi connectivity index (χ3v) is 3.74. The number of aromatic hydroxyl groups is 1. The first kappa shape index (κ1) is 24.7. The molecule has 1 aromatic carbocycles. The van der Waals surface area contributed by atoms with Crippen LogP contribution in [0.2, 0.25) is 0 Å². The zero-order valence-electron chi connectivity index (χ0n) is 13.2. The summed E-state index contributed by atoms with van der Waals surface area (Å²) in [5, 5.41) is 31.8. The van der Waals surface area contributed by atoms with Crippen LogP contribution in [0.15, 0.2) is 18.2 Å². The van der Waals surface area contributed by atoms with E-state index in [-0.39, 0.29) is 55.3 Å². The second-order valence-electron chi connectivity index (χ2n) is 4.86. The molecule has 2 unspecified atom stereocenters. The Morgan fingerprint density at radius 1 is 0.846 bits per heavy atom. The summed E-state index contributed by atoms with van der Waals surface area (Å²) in [4.78, 5) is 46.0. The third-order valence-electron chi connectivity index (χ3n) is 3.01. The van der Waals surface area contributed by atoms with Crippen LogP contribution in [0.25, 0.3) is 0 Å². The maximum atomic E-state index is 12.1. The number of hydrogen-bond acceptors (Lipinski definition) is 7. The molecule has 0 heterocycles. The minimum atomic E-state index is -1.29. The summed E-state index contributed by atoms with van der Waals surface area (Å²) in [5.74, 6) is -5.00. The van der Waals surface area contributed by atoms with E-state index >= 15 is 0 Å². The zero-order valence-corrected chi connectivity index (χ0v) is 17.9. The molecule has 1 radical (unpaired) electrons. The topological polar surface area (TPSA) is 153 Å². The molecule has 1 rings (SSSR count). The van der Waals surface area contributed by atoms with Gasteiger partial charge in [0.15, 0.2) is 0 Å². The van der Waals surface area contributed by atoms with Crippen molar-refractivity contribution in [2.75, 3.05) is 11.5 Å². The molecule has 12 heteroatoms. The molecule has 0 aliphatic rings. The molecule has 1 aromatic rings. The second-order valence-corrected chi connectivity index (χ2v) is 5.59. The van der Waals surface area contributed by atoms with E-state index in [1.165, 1.54) is 0 Å². The summed E-state index contributed by atoms with van der Waals surface area (Å²) in [7, 11) is 0. The Balaban J connectivity index is 0.00000625. The summed E-state index contributed by atoms with van der Waals surface area (Å²) < 4.78 is 0. The quantitative estimate of drug-likeness (QED) is 0.252. The number of hydrogen-bond donors (Lipinski definition) is 7. The van der Waals surface area contributed by atoms with E-state index in [2.05, 4.69) is 35.9 Å².